The molecule has 2 fully saturated rings. The number of nitrogens with zero attached hydrogens (tertiary/aromatic N) is 3. The van der Waals surface area contributed by atoms with Crippen molar-refractivity contribution in [1.82, 2.24) is 14.8 Å². The molecule has 0 aliphatic carbocycles. The third-order valence-electron chi connectivity index (χ3n) is 5.44. The van der Waals surface area contributed by atoms with E-state index in [0.717, 1.165) is 12.8 Å². The molecule has 3 heterocycles. The summed E-state index contributed by atoms with van der Waals surface area (Å²) < 4.78 is 10.5. The molecule has 2 amide bonds. The second-order valence-electron chi connectivity index (χ2n) is 7.21. The standard InChI is InChI=1S/C19H27N3O4/c1-12(2)22-16(17(26-4)19(22)24)13-7-9-21(10-8-13)18(23)14-5-6-15(25-3)20-11-14/h5-6,11-13,16-17H,7-10H2,1-4H3. The molecule has 7 nitrogen and oxygen atoms in total. The zero-order valence-corrected chi connectivity index (χ0v) is 15.8. The van der Waals surface area contributed by atoms with Crippen LogP contribution >= 0.6 is 0 Å². The molecule has 1 aromatic rings. The molecule has 2 aliphatic heterocycles. The van der Waals surface area contributed by atoms with Crippen molar-refractivity contribution in [2.24, 2.45) is 5.92 Å². The van der Waals surface area contributed by atoms with E-state index in [2.05, 4.69) is 4.98 Å². The Labute approximate surface area is 154 Å². The summed E-state index contributed by atoms with van der Waals surface area (Å²) in [6.07, 6.45) is 2.96. The van der Waals surface area contributed by atoms with Gasteiger partial charge in [0.25, 0.3) is 11.8 Å². The quantitative estimate of drug-likeness (QED) is 0.745. The van der Waals surface area contributed by atoms with E-state index in [1.807, 2.05) is 23.6 Å². The highest BCUT2D eigenvalue weighted by atomic mass is 16.5. The van der Waals surface area contributed by atoms with Crippen LogP contribution in [0.25, 0.3) is 0 Å². The van der Waals surface area contributed by atoms with Crippen molar-refractivity contribution in [3.8, 4) is 5.88 Å². The van der Waals surface area contributed by atoms with Crippen molar-refractivity contribution < 1.29 is 19.1 Å². The lowest BCUT2D eigenvalue weighted by Crippen LogP contribution is -2.70. The van der Waals surface area contributed by atoms with Gasteiger partial charge in [0.2, 0.25) is 5.88 Å². The Bertz CT molecular complexity index is 653. The molecule has 2 atom stereocenters. The molecule has 1 aromatic heterocycles. The first-order valence-corrected chi connectivity index (χ1v) is 9.12. The van der Waals surface area contributed by atoms with E-state index >= 15 is 0 Å². The molecule has 0 N–H and O–H groups in total. The minimum Gasteiger partial charge on any atom is -0.481 e. The Hall–Kier alpha value is -2.15. The number of rotatable bonds is 5. The van der Waals surface area contributed by atoms with Crippen LogP contribution in [0.5, 0.6) is 5.88 Å². The van der Waals surface area contributed by atoms with Crippen LogP contribution in [0.4, 0.5) is 0 Å². The number of β-lactam (4-membered cyclic amide) rings is 1. The maximum Gasteiger partial charge on any atom is 0.255 e. The van der Waals surface area contributed by atoms with Crippen molar-refractivity contribution in [2.75, 3.05) is 27.3 Å². The van der Waals surface area contributed by atoms with Crippen LogP contribution in [0, 0.1) is 5.92 Å². The summed E-state index contributed by atoms with van der Waals surface area (Å²) in [4.78, 5) is 32.8. The van der Waals surface area contributed by atoms with Gasteiger partial charge in [-0.25, -0.2) is 4.98 Å². The first-order chi connectivity index (χ1) is 12.5. The lowest BCUT2D eigenvalue weighted by Gasteiger charge is -2.53. The largest absolute Gasteiger partial charge is 0.481 e. The number of carbonyl (C=O) groups excluding carboxylic acids is 2. The molecule has 0 radical (unpaired) electrons. The van der Waals surface area contributed by atoms with E-state index in [0.29, 0.717) is 30.5 Å². The molecular formula is C19H27N3O4. The third kappa shape index (κ3) is 3.28. The van der Waals surface area contributed by atoms with Gasteiger partial charge in [0.1, 0.15) is 0 Å². The number of likely N-dealkylation sites (tertiary alicyclic amines) is 2. The van der Waals surface area contributed by atoms with Gasteiger partial charge >= 0.3 is 0 Å². The highest BCUT2D eigenvalue weighted by Crippen LogP contribution is 2.36. The molecular weight excluding hydrogens is 334 g/mol. The highest BCUT2D eigenvalue weighted by molar-refractivity contribution is 5.94. The molecule has 2 aliphatic rings. The average molecular weight is 361 g/mol. The topological polar surface area (TPSA) is 72.0 Å². The van der Waals surface area contributed by atoms with Crippen LogP contribution in [-0.2, 0) is 9.53 Å². The van der Waals surface area contributed by atoms with Crippen LogP contribution in [0.3, 0.4) is 0 Å². The van der Waals surface area contributed by atoms with E-state index < -0.39 is 0 Å². The molecule has 3 rings (SSSR count). The van der Waals surface area contributed by atoms with Gasteiger partial charge in [0, 0.05) is 38.5 Å². The van der Waals surface area contributed by atoms with E-state index in [-0.39, 0.29) is 30.0 Å². The minimum atomic E-state index is -0.338. The maximum atomic E-state index is 12.7. The number of methoxy groups -OCH3 is 2. The molecule has 7 heteroatoms. The summed E-state index contributed by atoms with van der Waals surface area (Å²) in [6, 6.07) is 3.73. The molecule has 2 unspecified atom stereocenters. The lowest BCUT2D eigenvalue weighted by molar-refractivity contribution is -0.181. The smallest absolute Gasteiger partial charge is 0.255 e. The number of pyridine rings is 1. The number of aromatic nitrogens is 1. The van der Waals surface area contributed by atoms with E-state index in [1.165, 1.54) is 0 Å². The molecule has 0 bridgehead atoms. The Balaban J connectivity index is 1.61. The van der Waals surface area contributed by atoms with Gasteiger partial charge in [-0.1, -0.05) is 0 Å². The van der Waals surface area contributed by atoms with Gasteiger partial charge in [-0.3, -0.25) is 9.59 Å². The Kier molecular flexibility index (Phi) is 5.46. The second kappa shape index (κ2) is 7.61. The van der Waals surface area contributed by atoms with Gasteiger partial charge < -0.3 is 19.3 Å². The van der Waals surface area contributed by atoms with Crippen LogP contribution in [0.1, 0.15) is 37.0 Å². The molecule has 0 aromatic carbocycles. The number of hydrogen-bond donors (Lipinski definition) is 0. The van der Waals surface area contributed by atoms with Gasteiger partial charge in [0.05, 0.1) is 18.7 Å². The van der Waals surface area contributed by atoms with Crippen molar-refractivity contribution >= 4 is 11.8 Å². The number of carbonyl (C=O) groups is 2. The first kappa shape index (κ1) is 18.6. The summed E-state index contributed by atoms with van der Waals surface area (Å²) >= 11 is 0. The Morgan fingerprint density at radius 1 is 1.23 bits per heavy atom. The molecule has 142 valence electrons. The summed E-state index contributed by atoms with van der Waals surface area (Å²) in [7, 11) is 3.15. The van der Waals surface area contributed by atoms with Gasteiger partial charge in [-0.2, -0.15) is 0 Å². The zero-order chi connectivity index (χ0) is 18.8. The normalized spacial score (nSPS) is 24.0. The van der Waals surface area contributed by atoms with Crippen molar-refractivity contribution in [3.05, 3.63) is 23.9 Å². The summed E-state index contributed by atoms with van der Waals surface area (Å²) in [5.74, 6) is 0.926. The summed E-state index contributed by atoms with van der Waals surface area (Å²) in [5.41, 5.74) is 0.571. The zero-order valence-electron chi connectivity index (χ0n) is 15.8. The van der Waals surface area contributed by atoms with Gasteiger partial charge in [0.15, 0.2) is 6.10 Å². The van der Waals surface area contributed by atoms with Crippen LogP contribution in [0.15, 0.2) is 18.3 Å². The fourth-order valence-electron chi connectivity index (χ4n) is 4.07. The van der Waals surface area contributed by atoms with Crippen LogP contribution in [0.2, 0.25) is 0 Å². The van der Waals surface area contributed by atoms with Crippen LogP contribution in [-0.4, -0.2) is 72.1 Å². The fourth-order valence-corrected chi connectivity index (χ4v) is 4.07. The average Bonchev–Trinajstić information content (AvgIpc) is 2.65. The fraction of sp³-hybridized carbons (Fsp3) is 0.632. The summed E-state index contributed by atoms with van der Waals surface area (Å²) in [6.45, 7) is 5.43. The van der Waals surface area contributed by atoms with Gasteiger partial charge in [-0.05, 0) is 38.7 Å². The predicted molar refractivity (Wildman–Crippen MR) is 96.0 cm³/mol. The van der Waals surface area contributed by atoms with E-state index in [9.17, 15) is 9.59 Å². The lowest BCUT2D eigenvalue weighted by atomic mass is 9.79. The molecule has 0 spiro atoms. The molecule has 26 heavy (non-hydrogen) atoms. The van der Waals surface area contributed by atoms with Crippen molar-refractivity contribution in [2.45, 2.75) is 44.9 Å². The van der Waals surface area contributed by atoms with Crippen molar-refractivity contribution in [1.29, 1.82) is 0 Å². The van der Waals surface area contributed by atoms with E-state index in [4.69, 9.17) is 9.47 Å². The Morgan fingerprint density at radius 2 is 1.92 bits per heavy atom. The molecule has 2 saturated heterocycles. The van der Waals surface area contributed by atoms with Crippen molar-refractivity contribution in [3.63, 3.8) is 0 Å². The Morgan fingerprint density at radius 3 is 2.42 bits per heavy atom. The summed E-state index contributed by atoms with van der Waals surface area (Å²) in [5, 5.41) is 0. The number of piperidine rings is 1. The minimum absolute atomic E-state index is 0.00713. The SMILES string of the molecule is COc1ccc(C(=O)N2CCC(C3C(OC)C(=O)N3C(C)C)CC2)cn1. The predicted octanol–water partition coefficient (Wildman–Crippen LogP) is 1.58. The second-order valence-corrected chi connectivity index (χ2v) is 7.21. The van der Waals surface area contributed by atoms with Crippen LogP contribution < -0.4 is 4.74 Å². The maximum absolute atomic E-state index is 12.7. The number of hydrogen-bond acceptors (Lipinski definition) is 5. The number of ether oxygens (including phenoxy) is 2. The molecule has 0 saturated carbocycles. The third-order valence-corrected chi connectivity index (χ3v) is 5.44. The number of amides is 2. The highest BCUT2D eigenvalue weighted by Gasteiger charge is 2.52. The van der Waals surface area contributed by atoms with Gasteiger partial charge in [-0.15, -0.1) is 0 Å². The first-order valence-electron chi connectivity index (χ1n) is 9.12. The van der Waals surface area contributed by atoms with E-state index in [1.54, 1.807) is 32.5 Å². The monoisotopic (exact) mass is 361 g/mol.